The van der Waals surface area contributed by atoms with Crippen LogP contribution in [0, 0.1) is 11.6 Å². The van der Waals surface area contributed by atoms with Crippen molar-refractivity contribution in [3.05, 3.63) is 71.6 Å². The molecule has 0 spiro atoms. The molecule has 0 bridgehead atoms. The number of carbonyl (C=O) groups is 1. The van der Waals surface area contributed by atoms with Crippen molar-refractivity contribution in [3.8, 4) is 0 Å². The van der Waals surface area contributed by atoms with Gasteiger partial charge in [0.05, 0.1) is 5.75 Å². The number of benzene rings is 2. The van der Waals surface area contributed by atoms with Crippen LogP contribution in [0.3, 0.4) is 0 Å². The average Bonchev–Trinajstić information content (AvgIpc) is 2.69. The van der Waals surface area contributed by atoms with Crippen LogP contribution in [0.2, 0.25) is 0 Å². The van der Waals surface area contributed by atoms with E-state index in [1.807, 2.05) is 0 Å². The van der Waals surface area contributed by atoms with Gasteiger partial charge in [0.25, 0.3) is 0 Å². The summed E-state index contributed by atoms with van der Waals surface area (Å²) < 4.78 is 31.0. The van der Waals surface area contributed by atoms with E-state index in [0.717, 1.165) is 5.56 Å². The highest BCUT2D eigenvalue weighted by Gasteiger charge is 2.09. The smallest absolute Gasteiger partial charge is 0.316 e. The van der Waals surface area contributed by atoms with Crippen LogP contribution in [-0.4, -0.2) is 26.7 Å². The number of aromatic nitrogens is 3. The molecule has 0 aliphatic rings. The summed E-state index contributed by atoms with van der Waals surface area (Å²) in [5, 5.41) is 2.88. The van der Waals surface area contributed by atoms with Crippen LogP contribution in [0.4, 0.5) is 26.4 Å². The van der Waals surface area contributed by atoms with Gasteiger partial charge in [-0.3, -0.25) is 4.79 Å². The van der Waals surface area contributed by atoms with Crippen molar-refractivity contribution in [3.63, 3.8) is 0 Å². The van der Waals surface area contributed by atoms with Crippen LogP contribution in [-0.2, 0) is 21.9 Å². The molecule has 0 unspecified atom stereocenters. The first-order valence-corrected chi connectivity index (χ1v) is 9.64. The Morgan fingerprint density at radius 3 is 2.34 bits per heavy atom. The Balaban J connectivity index is 1.49. The normalized spacial score (nSPS) is 10.6. The SMILES string of the molecule is Nc1nc(COC(=O)CSCc2ccc(F)cc2)nc(Nc2ccc(F)cc2)n1. The average molecular weight is 417 g/mol. The quantitative estimate of drug-likeness (QED) is 0.537. The van der Waals surface area contributed by atoms with Crippen molar-refractivity contribution < 1.29 is 18.3 Å². The number of halogens is 2. The van der Waals surface area contributed by atoms with E-state index in [1.54, 1.807) is 12.1 Å². The molecule has 0 aliphatic heterocycles. The van der Waals surface area contributed by atoms with E-state index < -0.39 is 5.97 Å². The van der Waals surface area contributed by atoms with E-state index in [1.165, 1.54) is 48.2 Å². The minimum atomic E-state index is -0.441. The number of hydrogen-bond donors (Lipinski definition) is 2. The molecule has 0 saturated carbocycles. The molecule has 150 valence electrons. The zero-order chi connectivity index (χ0) is 20.6. The van der Waals surface area contributed by atoms with E-state index in [2.05, 4.69) is 20.3 Å². The van der Waals surface area contributed by atoms with Gasteiger partial charge in [-0.25, -0.2) is 8.78 Å². The number of anilines is 3. The summed E-state index contributed by atoms with van der Waals surface area (Å²) >= 11 is 1.35. The molecule has 0 radical (unpaired) electrons. The lowest BCUT2D eigenvalue weighted by Crippen LogP contribution is -2.12. The van der Waals surface area contributed by atoms with Crippen molar-refractivity contribution in [2.24, 2.45) is 0 Å². The molecule has 1 heterocycles. The van der Waals surface area contributed by atoms with Crippen LogP contribution in [0.5, 0.6) is 0 Å². The van der Waals surface area contributed by atoms with Gasteiger partial charge in [-0.2, -0.15) is 15.0 Å². The Kier molecular flexibility index (Phi) is 6.90. The summed E-state index contributed by atoms with van der Waals surface area (Å²) in [5.74, 6) is -0.137. The molecule has 1 aromatic heterocycles. The summed E-state index contributed by atoms with van der Waals surface area (Å²) in [6.45, 7) is -0.166. The summed E-state index contributed by atoms with van der Waals surface area (Å²) in [5.41, 5.74) is 7.14. The first-order valence-electron chi connectivity index (χ1n) is 8.49. The Labute approximate surface area is 169 Å². The monoisotopic (exact) mass is 417 g/mol. The van der Waals surface area contributed by atoms with Crippen molar-refractivity contribution in [2.75, 3.05) is 16.8 Å². The standard InChI is InChI=1S/C19H17F2N5O2S/c20-13-3-1-12(2-4-13)10-29-11-17(27)28-9-16-24-18(22)26-19(25-16)23-15-7-5-14(21)6-8-15/h1-8H,9-11H2,(H3,22,23,24,25,26). The second-order valence-corrected chi connectivity index (χ2v) is 6.83. The lowest BCUT2D eigenvalue weighted by atomic mass is 10.2. The predicted molar refractivity (Wildman–Crippen MR) is 106 cm³/mol. The zero-order valence-electron chi connectivity index (χ0n) is 15.1. The van der Waals surface area contributed by atoms with Crippen LogP contribution < -0.4 is 11.1 Å². The van der Waals surface area contributed by atoms with Crippen LogP contribution in [0.15, 0.2) is 48.5 Å². The van der Waals surface area contributed by atoms with E-state index >= 15 is 0 Å². The molecule has 10 heteroatoms. The highest BCUT2D eigenvalue weighted by Crippen LogP contribution is 2.15. The maximum Gasteiger partial charge on any atom is 0.316 e. The maximum absolute atomic E-state index is 13.0. The van der Waals surface area contributed by atoms with E-state index in [0.29, 0.717) is 11.4 Å². The van der Waals surface area contributed by atoms with Gasteiger partial charge in [-0.15, -0.1) is 11.8 Å². The van der Waals surface area contributed by atoms with Crippen LogP contribution >= 0.6 is 11.8 Å². The molecular weight excluding hydrogens is 400 g/mol. The Hall–Kier alpha value is -3.27. The fourth-order valence-electron chi connectivity index (χ4n) is 2.24. The minimum absolute atomic E-state index is 0.0404. The van der Waals surface area contributed by atoms with Gasteiger partial charge in [-0.1, -0.05) is 12.1 Å². The third kappa shape index (κ3) is 6.68. The fraction of sp³-hybridized carbons (Fsp3) is 0.158. The third-order valence-electron chi connectivity index (χ3n) is 3.56. The van der Waals surface area contributed by atoms with Gasteiger partial charge in [0.2, 0.25) is 11.9 Å². The number of ether oxygens (including phenoxy) is 1. The van der Waals surface area contributed by atoms with Gasteiger partial charge in [0, 0.05) is 11.4 Å². The Bertz CT molecular complexity index is 971. The van der Waals surface area contributed by atoms with Gasteiger partial charge in [0.1, 0.15) is 11.6 Å². The van der Waals surface area contributed by atoms with Crippen molar-refractivity contribution in [1.29, 1.82) is 0 Å². The molecule has 29 heavy (non-hydrogen) atoms. The summed E-state index contributed by atoms with van der Waals surface area (Å²) in [6, 6.07) is 11.7. The van der Waals surface area contributed by atoms with Crippen molar-refractivity contribution >= 4 is 35.3 Å². The fourth-order valence-corrected chi connectivity index (χ4v) is 3.02. The molecule has 3 rings (SSSR count). The molecule has 0 aliphatic carbocycles. The molecule has 0 amide bonds. The number of nitrogens with one attached hydrogen (secondary N) is 1. The first-order chi connectivity index (χ1) is 14.0. The number of nitrogen functional groups attached to an aromatic ring is 1. The van der Waals surface area contributed by atoms with E-state index in [-0.39, 0.29) is 41.7 Å². The molecular formula is C19H17F2N5O2S. The summed E-state index contributed by atoms with van der Waals surface area (Å²) in [6.07, 6.45) is 0. The number of nitrogens with two attached hydrogens (primary N) is 1. The first kappa shape index (κ1) is 20.5. The van der Waals surface area contributed by atoms with Crippen molar-refractivity contribution in [2.45, 2.75) is 12.4 Å². The van der Waals surface area contributed by atoms with E-state index in [9.17, 15) is 13.6 Å². The van der Waals surface area contributed by atoms with Gasteiger partial charge in [0.15, 0.2) is 12.4 Å². The summed E-state index contributed by atoms with van der Waals surface area (Å²) in [7, 11) is 0. The number of thioether (sulfide) groups is 1. The van der Waals surface area contributed by atoms with Gasteiger partial charge in [-0.05, 0) is 42.0 Å². The van der Waals surface area contributed by atoms with Crippen molar-refractivity contribution in [1.82, 2.24) is 15.0 Å². The number of carbonyl (C=O) groups excluding carboxylic acids is 1. The van der Waals surface area contributed by atoms with Crippen LogP contribution in [0.25, 0.3) is 0 Å². The predicted octanol–water partition coefficient (Wildman–Crippen LogP) is 3.45. The van der Waals surface area contributed by atoms with Crippen LogP contribution in [0.1, 0.15) is 11.4 Å². The second kappa shape index (κ2) is 9.78. The third-order valence-corrected chi connectivity index (χ3v) is 4.54. The lowest BCUT2D eigenvalue weighted by Gasteiger charge is -2.08. The van der Waals surface area contributed by atoms with Gasteiger partial charge < -0.3 is 15.8 Å². The number of esters is 1. The van der Waals surface area contributed by atoms with Gasteiger partial charge >= 0.3 is 5.97 Å². The Morgan fingerprint density at radius 2 is 1.66 bits per heavy atom. The molecule has 0 fully saturated rings. The highest BCUT2D eigenvalue weighted by atomic mass is 32.2. The minimum Gasteiger partial charge on any atom is -0.457 e. The lowest BCUT2D eigenvalue weighted by molar-refractivity contribution is -0.141. The molecule has 0 saturated heterocycles. The molecule has 3 aromatic rings. The second-order valence-electron chi connectivity index (χ2n) is 5.85. The largest absolute Gasteiger partial charge is 0.457 e. The number of nitrogens with zero attached hydrogens (tertiary/aromatic N) is 3. The number of rotatable bonds is 8. The molecule has 3 N–H and O–H groups in total. The number of hydrogen-bond acceptors (Lipinski definition) is 8. The molecule has 0 atom stereocenters. The zero-order valence-corrected chi connectivity index (χ0v) is 16.0. The molecule has 2 aromatic carbocycles. The Morgan fingerprint density at radius 1 is 1.00 bits per heavy atom. The molecule has 7 nitrogen and oxygen atoms in total. The topological polar surface area (TPSA) is 103 Å². The maximum atomic E-state index is 13.0. The summed E-state index contributed by atoms with van der Waals surface area (Å²) in [4.78, 5) is 23.9. The van der Waals surface area contributed by atoms with E-state index in [4.69, 9.17) is 10.5 Å². The highest BCUT2D eigenvalue weighted by molar-refractivity contribution is 7.99.